The molecule has 9 heavy (non-hydrogen) atoms. The van der Waals surface area contributed by atoms with Gasteiger partial charge in [-0.2, -0.15) is 0 Å². The van der Waals surface area contributed by atoms with Crippen molar-refractivity contribution in [3.63, 3.8) is 0 Å². The predicted molar refractivity (Wildman–Crippen MR) is 44.2 cm³/mol. The lowest BCUT2D eigenvalue weighted by atomic mass is 9.49. The van der Waals surface area contributed by atoms with Gasteiger partial charge >= 0.3 is 0 Å². The minimum Gasteiger partial charge on any atom is -0.331 e. The second kappa shape index (κ2) is 3.31. The van der Waals surface area contributed by atoms with E-state index in [0.29, 0.717) is 12.4 Å². The smallest absolute Gasteiger partial charge is 0.109 e. The van der Waals surface area contributed by atoms with Crippen LogP contribution in [0.3, 0.4) is 0 Å². The molecule has 0 saturated carbocycles. The molecule has 0 fully saturated rings. The van der Waals surface area contributed by atoms with Crippen molar-refractivity contribution in [2.24, 2.45) is 5.73 Å². The Morgan fingerprint density at radius 1 is 1.78 bits per heavy atom. The van der Waals surface area contributed by atoms with E-state index in [-0.39, 0.29) is 5.31 Å². The summed E-state index contributed by atoms with van der Waals surface area (Å²) in [6.45, 7) is 6.59. The van der Waals surface area contributed by atoms with Gasteiger partial charge in [-0.25, -0.2) is 0 Å². The summed E-state index contributed by atoms with van der Waals surface area (Å²) in [5.74, 6) is 0.391. The van der Waals surface area contributed by atoms with Gasteiger partial charge < -0.3 is 5.73 Å². The Morgan fingerprint density at radius 3 is 2.33 bits per heavy atom. The largest absolute Gasteiger partial charge is 0.331 e. The number of nitrogens with two attached hydrogens (primary N) is 1. The van der Waals surface area contributed by atoms with Crippen LogP contribution >= 0.6 is 0 Å². The molecule has 3 heteroatoms. The van der Waals surface area contributed by atoms with Crippen LogP contribution in [0.15, 0.2) is 0 Å². The van der Waals surface area contributed by atoms with Crippen LogP contribution in [0.2, 0.25) is 18.0 Å². The van der Waals surface area contributed by atoms with E-state index in [4.69, 9.17) is 13.6 Å². The average molecular weight is 122 g/mol. The first-order valence-corrected chi connectivity index (χ1v) is 3.33. The molecule has 49 valence electrons. The summed E-state index contributed by atoms with van der Waals surface area (Å²) < 4.78 is 0. The molecule has 0 amide bonds. The number of hydrogen-bond donors (Lipinski definition) is 1. The van der Waals surface area contributed by atoms with Gasteiger partial charge in [0.1, 0.15) is 7.28 Å². The molecule has 0 heterocycles. The molecule has 0 rings (SSSR count). The first-order chi connectivity index (χ1) is 4.04. The van der Waals surface area contributed by atoms with Gasteiger partial charge in [0.2, 0.25) is 0 Å². The zero-order valence-electron chi connectivity index (χ0n) is 6.52. The van der Waals surface area contributed by atoms with Gasteiger partial charge in [0.05, 0.1) is 7.85 Å². The highest BCUT2D eigenvalue weighted by Crippen LogP contribution is 2.33. The van der Waals surface area contributed by atoms with Crippen molar-refractivity contribution in [3.05, 3.63) is 0 Å². The van der Waals surface area contributed by atoms with Crippen LogP contribution < -0.4 is 5.73 Å². The topological polar surface area (TPSA) is 26.0 Å². The minimum atomic E-state index is -0.227. The lowest BCUT2D eigenvalue weighted by Gasteiger charge is -2.29. The van der Waals surface area contributed by atoms with Crippen molar-refractivity contribution in [2.45, 2.75) is 31.8 Å². The van der Waals surface area contributed by atoms with E-state index < -0.39 is 0 Å². The summed E-state index contributed by atoms with van der Waals surface area (Å²) in [5, 5.41) is -0.227. The third-order valence-corrected chi connectivity index (χ3v) is 1.98. The van der Waals surface area contributed by atoms with Crippen molar-refractivity contribution in [2.75, 3.05) is 6.54 Å². The van der Waals surface area contributed by atoms with Gasteiger partial charge in [-0.3, -0.25) is 0 Å². The summed E-state index contributed by atoms with van der Waals surface area (Å²) in [6, 6.07) is 0. The maximum absolute atomic E-state index is 5.81. The molecule has 0 aliphatic rings. The van der Waals surface area contributed by atoms with Crippen LogP contribution in [-0.2, 0) is 0 Å². The fraction of sp³-hybridized carbons (Fsp3) is 1.00. The molecule has 0 bridgehead atoms. The van der Waals surface area contributed by atoms with Gasteiger partial charge in [0.15, 0.2) is 0 Å². The van der Waals surface area contributed by atoms with Crippen LogP contribution in [-0.4, -0.2) is 21.7 Å². The summed E-state index contributed by atoms with van der Waals surface area (Å²) in [5.41, 5.74) is 5.44. The zero-order chi connectivity index (χ0) is 7.49. The standard InChI is InChI=1S/C6H14B2N/c1-5(8-3)6(2,7)4-9/h5H,4,9H2,1-3H3/t5?,6-/m1/s1. The van der Waals surface area contributed by atoms with Gasteiger partial charge in [0, 0.05) is 0 Å². The lowest BCUT2D eigenvalue weighted by molar-refractivity contribution is 0.597. The minimum absolute atomic E-state index is 0.227. The fourth-order valence-corrected chi connectivity index (χ4v) is 0.567. The van der Waals surface area contributed by atoms with Crippen molar-refractivity contribution in [1.82, 2.24) is 0 Å². The molecule has 0 spiro atoms. The van der Waals surface area contributed by atoms with Crippen molar-refractivity contribution < 1.29 is 0 Å². The van der Waals surface area contributed by atoms with Gasteiger partial charge in [-0.15, -0.1) is 0 Å². The Labute approximate surface area is 60.0 Å². The Morgan fingerprint density at radius 2 is 2.22 bits per heavy atom. The molecule has 1 nitrogen and oxygen atoms in total. The molecule has 3 radical (unpaired) electrons. The molecule has 0 aromatic heterocycles. The monoisotopic (exact) mass is 122 g/mol. The van der Waals surface area contributed by atoms with E-state index >= 15 is 0 Å². The van der Waals surface area contributed by atoms with Gasteiger partial charge in [-0.1, -0.05) is 31.8 Å². The summed E-state index contributed by atoms with van der Waals surface area (Å²) in [6.07, 6.45) is 0. The SMILES string of the molecule is [B][C@](C)(CN)C(C)[B]C. The van der Waals surface area contributed by atoms with Crippen LogP contribution in [0, 0.1) is 0 Å². The summed E-state index contributed by atoms with van der Waals surface area (Å²) >= 11 is 0. The predicted octanol–water partition coefficient (Wildman–Crippen LogP) is 0.853. The number of rotatable bonds is 3. The molecular weight excluding hydrogens is 108 g/mol. The Bertz CT molecular complexity index is 83.1. The molecule has 0 aromatic carbocycles. The fourth-order valence-electron chi connectivity index (χ4n) is 0.567. The molecule has 1 unspecified atom stereocenters. The molecular formula is C6H14B2N. The van der Waals surface area contributed by atoms with Crippen molar-refractivity contribution in [1.29, 1.82) is 0 Å². The van der Waals surface area contributed by atoms with Crippen LogP contribution in [0.4, 0.5) is 0 Å². The average Bonchev–Trinajstić information content (AvgIpc) is 1.86. The zero-order valence-corrected chi connectivity index (χ0v) is 6.52. The Balaban J connectivity index is 3.80. The van der Waals surface area contributed by atoms with Crippen LogP contribution in [0.1, 0.15) is 13.8 Å². The Hall–Kier alpha value is 0.0899. The van der Waals surface area contributed by atoms with Crippen molar-refractivity contribution in [3.8, 4) is 0 Å². The second-order valence-electron chi connectivity index (χ2n) is 2.83. The highest BCUT2D eigenvalue weighted by atomic mass is 14.6. The maximum atomic E-state index is 5.81. The van der Waals surface area contributed by atoms with E-state index in [2.05, 4.69) is 14.2 Å². The second-order valence-corrected chi connectivity index (χ2v) is 2.83. The summed E-state index contributed by atoms with van der Waals surface area (Å²) in [7, 11) is 7.89. The first kappa shape index (κ1) is 9.09. The highest BCUT2D eigenvalue weighted by molar-refractivity contribution is 6.39. The first-order valence-electron chi connectivity index (χ1n) is 3.33. The Kier molecular flexibility index (Phi) is 3.34. The van der Waals surface area contributed by atoms with Gasteiger partial charge in [-0.05, 0) is 6.54 Å². The van der Waals surface area contributed by atoms with Crippen LogP contribution in [0.5, 0.6) is 0 Å². The quantitative estimate of drug-likeness (QED) is 0.551. The highest BCUT2D eigenvalue weighted by Gasteiger charge is 2.21. The van der Waals surface area contributed by atoms with Gasteiger partial charge in [0.25, 0.3) is 0 Å². The molecule has 2 N–H and O–H groups in total. The molecule has 2 atom stereocenters. The molecule has 0 aromatic rings. The van der Waals surface area contributed by atoms with E-state index in [1.807, 2.05) is 13.7 Å². The van der Waals surface area contributed by atoms with Crippen molar-refractivity contribution >= 4 is 15.1 Å². The number of hydrogen-bond acceptors (Lipinski definition) is 1. The molecule has 0 aliphatic heterocycles. The van der Waals surface area contributed by atoms with Crippen LogP contribution in [0.25, 0.3) is 0 Å². The summed E-state index contributed by atoms with van der Waals surface area (Å²) in [4.78, 5) is 0. The lowest BCUT2D eigenvalue weighted by Crippen LogP contribution is -2.26. The maximum Gasteiger partial charge on any atom is 0.109 e. The molecule has 0 aliphatic carbocycles. The molecule has 0 saturated heterocycles. The van der Waals surface area contributed by atoms with E-state index in [9.17, 15) is 0 Å². The van der Waals surface area contributed by atoms with E-state index in [1.54, 1.807) is 0 Å². The van der Waals surface area contributed by atoms with E-state index in [0.717, 1.165) is 0 Å². The third kappa shape index (κ3) is 2.44. The third-order valence-electron chi connectivity index (χ3n) is 1.98. The normalized spacial score (nSPS) is 20.4. The van der Waals surface area contributed by atoms with E-state index in [1.165, 1.54) is 0 Å².